The largest absolute Gasteiger partial charge is 0.459 e. The summed E-state index contributed by atoms with van der Waals surface area (Å²) in [5.41, 5.74) is 0.447. The Morgan fingerprint density at radius 3 is 2.36 bits per heavy atom. The maximum atomic E-state index is 12.0. The van der Waals surface area contributed by atoms with Crippen LogP contribution in [0.15, 0.2) is 24.3 Å². The first-order chi connectivity index (χ1) is 10.3. The van der Waals surface area contributed by atoms with E-state index in [0.717, 1.165) is 0 Å². The minimum Gasteiger partial charge on any atom is -0.459 e. The SMILES string of the molecule is CCOC(=O)N(C)C(C)CC(C)OC(=O)c1ccc(Cl)cc1. The molecule has 2 unspecified atom stereocenters. The third kappa shape index (κ3) is 5.56. The number of carbonyl (C=O) groups is 2. The first-order valence-corrected chi connectivity index (χ1v) is 7.59. The van der Waals surface area contributed by atoms with Gasteiger partial charge in [0.15, 0.2) is 0 Å². The summed E-state index contributed by atoms with van der Waals surface area (Å²) in [7, 11) is 1.66. The number of halogens is 1. The van der Waals surface area contributed by atoms with Crippen LogP contribution < -0.4 is 0 Å². The monoisotopic (exact) mass is 327 g/mol. The number of benzene rings is 1. The molecule has 22 heavy (non-hydrogen) atoms. The minimum atomic E-state index is -0.407. The van der Waals surface area contributed by atoms with Gasteiger partial charge in [-0.25, -0.2) is 9.59 Å². The fourth-order valence-corrected chi connectivity index (χ4v) is 2.05. The molecule has 0 saturated carbocycles. The van der Waals surface area contributed by atoms with Gasteiger partial charge in [0.25, 0.3) is 0 Å². The molecule has 1 amide bonds. The lowest BCUT2D eigenvalue weighted by atomic mass is 10.1. The molecule has 0 saturated heterocycles. The van der Waals surface area contributed by atoms with Gasteiger partial charge in [-0.05, 0) is 45.0 Å². The average Bonchev–Trinajstić information content (AvgIpc) is 2.46. The molecule has 5 nitrogen and oxygen atoms in total. The summed E-state index contributed by atoms with van der Waals surface area (Å²) >= 11 is 5.78. The highest BCUT2D eigenvalue weighted by molar-refractivity contribution is 6.30. The molecular weight excluding hydrogens is 306 g/mol. The van der Waals surface area contributed by atoms with E-state index in [4.69, 9.17) is 21.1 Å². The number of nitrogens with zero attached hydrogens (tertiary/aromatic N) is 1. The van der Waals surface area contributed by atoms with Crippen LogP contribution in [0.3, 0.4) is 0 Å². The average molecular weight is 328 g/mol. The van der Waals surface area contributed by atoms with Crippen molar-refractivity contribution in [1.82, 2.24) is 4.90 Å². The number of hydrogen-bond donors (Lipinski definition) is 0. The molecule has 1 aromatic rings. The standard InChI is InChI=1S/C16H22ClNO4/c1-5-21-16(20)18(4)11(2)10-12(3)22-15(19)13-6-8-14(17)9-7-13/h6-9,11-12H,5,10H2,1-4H3. The molecular formula is C16H22ClNO4. The van der Waals surface area contributed by atoms with Crippen LogP contribution in [-0.2, 0) is 9.47 Å². The first kappa shape index (κ1) is 18.3. The van der Waals surface area contributed by atoms with Crippen molar-refractivity contribution in [3.05, 3.63) is 34.9 Å². The maximum Gasteiger partial charge on any atom is 0.409 e. The molecule has 0 heterocycles. The molecule has 0 aliphatic rings. The number of hydrogen-bond acceptors (Lipinski definition) is 4. The summed E-state index contributed by atoms with van der Waals surface area (Å²) in [5, 5.41) is 0.564. The van der Waals surface area contributed by atoms with Crippen LogP contribution in [-0.4, -0.2) is 42.8 Å². The first-order valence-electron chi connectivity index (χ1n) is 7.21. The van der Waals surface area contributed by atoms with E-state index in [1.807, 2.05) is 6.92 Å². The lowest BCUT2D eigenvalue weighted by molar-refractivity contribution is 0.0265. The van der Waals surface area contributed by atoms with E-state index in [2.05, 4.69) is 0 Å². The van der Waals surface area contributed by atoms with Gasteiger partial charge in [0.05, 0.1) is 12.2 Å². The number of rotatable bonds is 6. The fourth-order valence-electron chi connectivity index (χ4n) is 1.93. The zero-order valence-corrected chi connectivity index (χ0v) is 14.1. The Morgan fingerprint density at radius 1 is 1.23 bits per heavy atom. The van der Waals surface area contributed by atoms with Crippen molar-refractivity contribution < 1.29 is 19.1 Å². The normalized spacial score (nSPS) is 13.1. The zero-order chi connectivity index (χ0) is 16.7. The number of amides is 1. The van der Waals surface area contributed by atoms with Crippen molar-refractivity contribution >= 4 is 23.7 Å². The summed E-state index contributed by atoms with van der Waals surface area (Å²) in [5.74, 6) is -0.407. The predicted molar refractivity (Wildman–Crippen MR) is 85.2 cm³/mol. The topological polar surface area (TPSA) is 55.8 Å². The third-order valence-electron chi connectivity index (χ3n) is 3.28. The van der Waals surface area contributed by atoms with E-state index in [1.54, 1.807) is 45.2 Å². The molecule has 0 spiro atoms. The minimum absolute atomic E-state index is 0.105. The highest BCUT2D eigenvalue weighted by Gasteiger charge is 2.21. The van der Waals surface area contributed by atoms with Crippen LogP contribution >= 0.6 is 11.6 Å². The molecule has 0 N–H and O–H groups in total. The van der Waals surface area contributed by atoms with Gasteiger partial charge in [-0.2, -0.15) is 0 Å². The predicted octanol–water partition coefficient (Wildman–Crippen LogP) is 3.75. The van der Waals surface area contributed by atoms with Crippen LogP contribution in [0.5, 0.6) is 0 Å². The molecule has 1 aromatic carbocycles. The van der Waals surface area contributed by atoms with Gasteiger partial charge >= 0.3 is 12.1 Å². The highest BCUT2D eigenvalue weighted by atomic mass is 35.5. The Labute approximate surface area is 136 Å². The molecule has 0 aromatic heterocycles. The lowest BCUT2D eigenvalue weighted by Gasteiger charge is -2.26. The van der Waals surface area contributed by atoms with Gasteiger partial charge in [-0.3, -0.25) is 0 Å². The Hall–Kier alpha value is -1.75. The van der Waals surface area contributed by atoms with Crippen molar-refractivity contribution in [3.8, 4) is 0 Å². The summed E-state index contributed by atoms with van der Waals surface area (Å²) < 4.78 is 10.3. The maximum absolute atomic E-state index is 12.0. The van der Waals surface area contributed by atoms with E-state index in [1.165, 1.54) is 4.90 Å². The molecule has 0 aliphatic carbocycles. The summed E-state index contributed by atoms with van der Waals surface area (Å²) in [6, 6.07) is 6.41. The summed E-state index contributed by atoms with van der Waals surface area (Å²) in [6.45, 7) is 5.76. The molecule has 2 atom stereocenters. The molecule has 122 valence electrons. The Bertz CT molecular complexity index is 503. The van der Waals surface area contributed by atoms with Gasteiger partial charge in [0, 0.05) is 24.5 Å². The van der Waals surface area contributed by atoms with E-state index < -0.39 is 5.97 Å². The van der Waals surface area contributed by atoms with Gasteiger partial charge in [-0.1, -0.05) is 11.6 Å². The molecule has 1 rings (SSSR count). The van der Waals surface area contributed by atoms with Crippen molar-refractivity contribution in [3.63, 3.8) is 0 Å². The number of ether oxygens (including phenoxy) is 2. The quantitative estimate of drug-likeness (QED) is 0.747. The second kappa shape index (κ2) is 8.63. The highest BCUT2D eigenvalue weighted by Crippen LogP contribution is 2.14. The van der Waals surface area contributed by atoms with E-state index in [9.17, 15) is 9.59 Å². The fraction of sp³-hybridized carbons (Fsp3) is 0.500. The Balaban J connectivity index is 2.51. The molecule has 0 fully saturated rings. The molecule has 0 bridgehead atoms. The van der Waals surface area contributed by atoms with Crippen LogP contribution in [0.1, 0.15) is 37.6 Å². The summed E-state index contributed by atoms with van der Waals surface area (Å²) in [4.78, 5) is 25.1. The number of esters is 1. The second-order valence-electron chi connectivity index (χ2n) is 5.12. The van der Waals surface area contributed by atoms with Crippen LogP contribution in [0.25, 0.3) is 0 Å². The van der Waals surface area contributed by atoms with Gasteiger partial charge in [-0.15, -0.1) is 0 Å². The second-order valence-corrected chi connectivity index (χ2v) is 5.55. The Morgan fingerprint density at radius 2 is 1.82 bits per heavy atom. The van der Waals surface area contributed by atoms with E-state index >= 15 is 0 Å². The van der Waals surface area contributed by atoms with E-state index in [-0.39, 0.29) is 18.2 Å². The van der Waals surface area contributed by atoms with Crippen molar-refractivity contribution in [2.45, 2.75) is 39.3 Å². The van der Waals surface area contributed by atoms with Crippen LogP contribution in [0, 0.1) is 0 Å². The summed E-state index contributed by atoms with van der Waals surface area (Å²) in [6.07, 6.45) is -0.185. The van der Waals surface area contributed by atoms with Gasteiger partial charge in [0.2, 0.25) is 0 Å². The van der Waals surface area contributed by atoms with Gasteiger partial charge < -0.3 is 14.4 Å². The number of carbonyl (C=O) groups excluding carboxylic acids is 2. The van der Waals surface area contributed by atoms with Crippen molar-refractivity contribution in [2.75, 3.05) is 13.7 Å². The molecule has 0 aliphatic heterocycles. The Kier molecular flexibility index (Phi) is 7.18. The van der Waals surface area contributed by atoms with Crippen molar-refractivity contribution in [2.24, 2.45) is 0 Å². The third-order valence-corrected chi connectivity index (χ3v) is 3.53. The van der Waals surface area contributed by atoms with Crippen molar-refractivity contribution in [1.29, 1.82) is 0 Å². The smallest absolute Gasteiger partial charge is 0.409 e. The zero-order valence-electron chi connectivity index (χ0n) is 13.3. The van der Waals surface area contributed by atoms with E-state index in [0.29, 0.717) is 23.6 Å². The lowest BCUT2D eigenvalue weighted by Crippen LogP contribution is -2.38. The van der Waals surface area contributed by atoms with Crippen LogP contribution in [0.2, 0.25) is 5.02 Å². The van der Waals surface area contributed by atoms with Gasteiger partial charge in [0.1, 0.15) is 6.10 Å². The van der Waals surface area contributed by atoms with Crippen LogP contribution in [0.4, 0.5) is 4.79 Å². The molecule has 6 heteroatoms. The molecule has 0 radical (unpaired) electrons.